The average Bonchev–Trinajstić information content (AvgIpc) is 3.07. The van der Waals surface area contributed by atoms with E-state index in [1.54, 1.807) is 12.3 Å². The molecule has 3 rings (SSSR count). The molecule has 1 aromatic heterocycles. The minimum Gasteiger partial charge on any atom is -0.443 e. The summed E-state index contributed by atoms with van der Waals surface area (Å²) in [6.45, 7) is 9.20. The standard InChI is InChI=1S/C19H22N2O4/c1-5-16-14(20-17(22)24-16)10-12-11-21(18(23)25-19(2,3)4)15-9-7-6-8-13(12)15/h5-9,11,14,16H,1,10H2,2-4H3,(H,20,22)/t14-,16-/m1/s1. The van der Waals surface area contributed by atoms with E-state index in [2.05, 4.69) is 11.9 Å². The number of benzene rings is 1. The van der Waals surface area contributed by atoms with Crippen LogP contribution in [0.2, 0.25) is 0 Å². The van der Waals surface area contributed by atoms with E-state index in [4.69, 9.17) is 9.47 Å². The Labute approximate surface area is 146 Å². The highest BCUT2D eigenvalue weighted by Crippen LogP contribution is 2.26. The largest absolute Gasteiger partial charge is 0.443 e. The molecule has 1 N–H and O–H groups in total. The lowest BCUT2D eigenvalue weighted by Crippen LogP contribution is -2.32. The summed E-state index contributed by atoms with van der Waals surface area (Å²) < 4.78 is 12.2. The Morgan fingerprint density at radius 2 is 2.12 bits per heavy atom. The normalized spacial score (nSPS) is 20.2. The van der Waals surface area contributed by atoms with Gasteiger partial charge in [-0.15, -0.1) is 0 Å². The van der Waals surface area contributed by atoms with Gasteiger partial charge >= 0.3 is 12.2 Å². The molecule has 25 heavy (non-hydrogen) atoms. The number of ether oxygens (including phenoxy) is 2. The third kappa shape index (κ3) is 3.52. The van der Waals surface area contributed by atoms with Crippen molar-refractivity contribution in [2.45, 2.75) is 44.9 Å². The highest BCUT2D eigenvalue weighted by molar-refractivity contribution is 5.92. The van der Waals surface area contributed by atoms with Gasteiger partial charge in [-0.3, -0.25) is 4.57 Å². The van der Waals surface area contributed by atoms with Crippen LogP contribution < -0.4 is 5.32 Å². The van der Waals surface area contributed by atoms with Crippen LogP contribution in [0, 0.1) is 0 Å². The Hall–Kier alpha value is -2.76. The van der Waals surface area contributed by atoms with Gasteiger partial charge in [0.25, 0.3) is 0 Å². The molecule has 132 valence electrons. The van der Waals surface area contributed by atoms with Crippen molar-refractivity contribution in [1.82, 2.24) is 9.88 Å². The molecule has 1 saturated heterocycles. The number of cyclic esters (lactones) is 1. The minimum absolute atomic E-state index is 0.220. The molecule has 0 radical (unpaired) electrons. The van der Waals surface area contributed by atoms with Crippen molar-refractivity contribution in [2.24, 2.45) is 0 Å². The van der Waals surface area contributed by atoms with Crippen molar-refractivity contribution in [3.63, 3.8) is 0 Å². The number of hydrogen-bond donors (Lipinski definition) is 1. The lowest BCUT2D eigenvalue weighted by Gasteiger charge is -2.19. The van der Waals surface area contributed by atoms with E-state index in [-0.39, 0.29) is 6.04 Å². The molecule has 1 fully saturated rings. The molecule has 1 amide bonds. The molecular weight excluding hydrogens is 320 g/mol. The maximum absolute atomic E-state index is 12.5. The fourth-order valence-corrected chi connectivity index (χ4v) is 2.96. The number of amides is 1. The number of para-hydroxylation sites is 1. The van der Waals surface area contributed by atoms with Crippen molar-refractivity contribution >= 4 is 23.1 Å². The van der Waals surface area contributed by atoms with Crippen molar-refractivity contribution < 1.29 is 19.1 Å². The van der Waals surface area contributed by atoms with Crippen LogP contribution in [0.4, 0.5) is 9.59 Å². The lowest BCUT2D eigenvalue weighted by molar-refractivity contribution is 0.0544. The van der Waals surface area contributed by atoms with E-state index in [0.717, 1.165) is 16.5 Å². The number of nitrogens with zero attached hydrogens (tertiary/aromatic N) is 1. The zero-order chi connectivity index (χ0) is 18.2. The van der Waals surface area contributed by atoms with E-state index in [9.17, 15) is 9.59 Å². The first kappa shape index (κ1) is 17.1. The van der Waals surface area contributed by atoms with Crippen LogP contribution in [0.15, 0.2) is 43.1 Å². The summed E-state index contributed by atoms with van der Waals surface area (Å²) in [4.78, 5) is 24.0. The topological polar surface area (TPSA) is 69.6 Å². The Balaban J connectivity index is 1.95. The summed E-state index contributed by atoms with van der Waals surface area (Å²) in [5.41, 5.74) is 1.13. The predicted octanol–water partition coefficient (Wildman–Crippen LogP) is 3.63. The molecule has 6 nitrogen and oxygen atoms in total. The second-order valence-corrected chi connectivity index (χ2v) is 7.08. The highest BCUT2D eigenvalue weighted by atomic mass is 16.6. The minimum atomic E-state index is -0.580. The number of hydrogen-bond acceptors (Lipinski definition) is 4. The molecule has 2 aromatic rings. The molecule has 1 aliphatic heterocycles. The van der Waals surface area contributed by atoms with Crippen LogP contribution in [-0.2, 0) is 15.9 Å². The Morgan fingerprint density at radius 3 is 2.80 bits per heavy atom. The van der Waals surface area contributed by atoms with Crippen molar-refractivity contribution in [3.05, 3.63) is 48.7 Å². The number of carbonyl (C=O) groups excluding carboxylic acids is 2. The second kappa shape index (κ2) is 6.27. The van der Waals surface area contributed by atoms with Gasteiger partial charge in [0.15, 0.2) is 0 Å². The van der Waals surface area contributed by atoms with Gasteiger partial charge in [0.1, 0.15) is 11.7 Å². The number of alkyl carbamates (subject to hydrolysis) is 1. The molecule has 6 heteroatoms. The molecule has 0 spiro atoms. The Morgan fingerprint density at radius 1 is 1.40 bits per heavy atom. The van der Waals surface area contributed by atoms with E-state index >= 15 is 0 Å². The van der Waals surface area contributed by atoms with Gasteiger partial charge in [0.2, 0.25) is 0 Å². The summed E-state index contributed by atoms with van der Waals surface area (Å²) in [5, 5.41) is 3.73. The summed E-state index contributed by atoms with van der Waals surface area (Å²) in [6.07, 6.45) is 2.63. The summed E-state index contributed by atoms with van der Waals surface area (Å²) in [6, 6.07) is 7.40. The maximum atomic E-state index is 12.5. The molecule has 0 saturated carbocycles. The van der Waals surface area contributed by atoms with Gasteiger partial charge in [0, 0.05) is 11.6 Å². The van der Waals surface area contributed by atoms with Gasteiger partial charge in [-0.25, -0.2) is 9.59 Å². The van der Waals surface area contributed by atoms with Crippen LogP contribution >= 0.6 is 0 Å². The van der Waals surface area contributed by atoms with Crippen LogP contribution in [0.25, 0.3) is 10.9 Å². The fourth-order valence-electron chi connectivity index (χ4n) is 2.96. The van der Waals surface area contributed by atoms with Crippen LogP contribution in [0.5, 0.6) is 0 Å². The van der Waals surface area contributed by atoms with Gasteiger partial charge in [-0.05, 0) is 44.9 Å². The first-order valence-electron chi connectivity index (χ1n) is 8.20. The van der Waals surface area contributed by atoms with E-state index in [0.29, 0.717) is 6.42 Å². The van der Waals surface area contributed by atoms with Crippen LogP contribution in [0.3, 0.4) is 0 Å². The number of rotatable bonds is 3. The molecule has 0 bridgehead atoms. The van der Waals surface area contributed by atoms with E-state index in [1.807, 2.05) is 45.0 Å². The van der Waals surface area contributed by atoms with Gasteiger partial charge < -0.3 is 14.8 Å². The molecule has 0 aliphatic carbocycles. The monoisotopic (exact) mass is 342 g/mol. The molecule has 2 heterocycles. The fraction of sp³-hybridized carbons (Fsp3) is 0.368. The molecule has 2 atom stereocenters. The molecular formula is C19H22N2O4. The van der Waals surface area contributed by atoms with Crippen molar-refractivity contribution in [2.75, 3.05) is 0 Å². The van der Waals surface area contributed by atoms with Gasteiger partial charge in [-0.2, -0.15) is 0 Å². The van der Waals surface area contributed by atoms with Crippen LogP contribution in [-0.4, -0.2) is 34.5 Å². The Kier molecular flexibility index (Phi) is 4.29. The third-order valence-electron chi connectivity index (χ3n) is 4.00. The van der Waals surface area contributed by atoms with Crippen LogP contribution in [0.1, 0.15) is 26.3 Å². The smallest absolute Gasteiger partial charge is 0.419 e. The lowest BCUT2D eigenvalue weighted by atomic mass is 10.0. The maximum Gasteiger partial charge on any atom is 0.419 e. The number of aromatic nitrogens is 1. The molecule has 1 aliphatic rings. The van der Waals surface area contributed by atoms with E-state index in [1.165, 1.54) is 4.57 Å². The zero-order valence-electron chi connectivity index (χ0n) is 14.6. The number of carbonyl (C=O) groups is 2. The van der Waals surface area contributed by atoms with Crippen molar-refractivity contribution in [1.29, 1.82) is 0 Å². The average molecular weight is 342 g/mol. The molecule has 0 unspecified atom stereocenters. The zero-order valence-corrected chi connectivity index (χ0v) is 14.6. The summed E-state index contributed by atoms with van der Waals surface area (Å²) >= 11 is 0. The first-order valence-corrected chi connectivity index (χ1v) is 8.20. The number of nitrogens with one attached hydrogen (secondary N) is 1. The summed E-state index contributed by atoms with van der Waals surface area (Å²) in [7, 11) is 0. The number of fused-ring (bicyclic) bond motifs is 1. The predicted molar refractivity (Wildman–Crippen MR) is 94.7 cm³/mol. The first-order chi connectivity index (χ1) is 11.8. The van der Waals surface area contributed by atoms with Gasteiger partial charge in [-0.1, -0.05) is 24.8 Å². The highest BCUT2D eigenvalue weighted by Gasteiger charge is 2.32. The quantitative estimate of drug-likeness (QED) is 0.865. The Bertz CT molecular complexity index is 832. The summed E-state index contributed by atoms with van der Waals surface area (Å²) in [5.74, 6) is 0. The second-order valence-electron chi connectivity index (χ2n) is 7.08. The van der Waals surface area contributed by atoms with Crippen molar-refractivity contribution in [3.8, 4) is 0 Å². The van der Waals surface area contributed by atoms with E-state index < -0.39 is 23.9 Å². The third-order valence-corrected chi connectivity index (χ3v) is 4.00. The van der Waals surface area contributed by atoms with Gasteiger partial charge in [0.05, 0.1) is 11.6 Å². The SMILES string of the molecule is C=C[C@H]1OC(=O)N[C@@H]1Cc1cn(C(=O)OC(C)(C)C)c2ccccc12. The molecule has 1 aromatic carbocycles.